The Bertz CT molecular complexity index is 215. The minimum atomic E-state index is -1.54. The van der Waals surface area contributed by atoms with E-state index in [1.54, 1.807) is 14.2 Å². The lowest BCUT2D eigenvalue weighted by atomic mass is 9.99. The third-order valence-corrected chi connectivity index (χ3v) is 1.86. The number of esters is 1. The number of carbonyl (C=O) groups is 2. The molecular weight excluding hydrogens is 147 g/mol. The quantitative estimate of drug-likeness (QED) is 0.325. The average molecular weight is 155 g/mol. The summed E-state index contributed by atoms with van der Waals surface area (Å²) in [5.74, 6) is -2.57. The lowest BCUT2D eigenvalue weighted by molar-refractivity contribution is -0.167. The van der Waals surface area contributed by atoms with Crippen LogP contribution in [0.25, 0.3) is 0 Å². The molecule has 2 atom stereocenters. The van der Waals surface area contributed by atoms with Gasteiger partial charge in [-0.25, -0.2) is 9.59 Å². The summed E-state index contributed by atoms with van der Waals surface area (Å²) < 4.78 is 4.63. The van der Waals surface area contributed by atoms with Gasteiger partial charge in [-0.3, -0.25) is 0 Å². The highest BCUT2D eigenvalue weighted by Crippen LogP contribution is 2.42. The molecule has 1 radical (unpaired) electrons. The zero-order valence-corrected chi connectivity index (χ0v) is 6.33. The average Bonchev–Trinajstić information content (AvgIpc) is 2.39. The second kappa shape index (κ2) is 2.25. The lowest BCUT2D eigenvalue weighted by Gasteiger charge is -2.10. The molecule has 0 aromatic heterocycles. The number of hydrogen-bond acceptors (Lipinski definition) is 3. The van der Waals surface area contributed by atoms with Crippen LogP contribution >= 0.6 is 0 Å². The highest BCUT2D eigenvalue weighted by Gasteiger charge is 2.52. The van der Waals surface area contributed by atoms with Gasteiger partial charge in [0.1, 0.15) is 0 Å². The topological polar surface area (TPSA) is 63.6 Å². The summed E-state index contributed by atoms with van der Waals surface area (Å²) in [7, 11) is 1.77. The van der Waals surface area contributed by atoms with E-state index in [0.717, 1.165) is 0 Å². The highest BCUT2D eigenvalue weighted by atomic mass is 16.6. The van der Waals surface area contributed by atoms with Crippen molar-refractivity contribution in [3.63, 3.8) is 0 Å². The Kier molecular flexibility index (Phi) is 1.66. The Morgan fingerprint density at radius 3 is 2.36 bits per heavy atom. The first kappa shape index (κ1) is 8.10. The summed E-state index contributed by atoms with van der Waals surface area (Å²) in [6.45, 7) is 3.54. The molecule has 1 aliphatic rings. The summed E-state index contributed by atoms with van der Waals surface area (Å²) in [6, 6.07) is 0. The molecule has 4 nitrogen and oxygen atoms in total. The molecule has 11 heavy (non-hydrogen) atoms. The van der Waals surface area contributed by atoms with E-state index < -0.39 is 17.4 Å². The Balaban J connectivity index is 2.44. The normalized spacial score (nSPS) is 33.8. The van der Waals surface area contributed by atoms with E-state index in [4.69, 9.17) is 5.11 Å². The zero-order chi connectivity index (χ0) is 8.65. The van der Waals surface area contributed by atoms with Gasteiger partial charge >= 0.3 is 11.9 Å². The van der Waals surface area contributed by atoms with Gasteiger partial charge in [0.25, 0.3) is 0 Å². The summed E-state index contributed by atoms with van der Waals surface area (Å²) in [4.78, 5) is 20.5. The van der Waals surface area contributed by atoms with Crippen LogP contribution in [0.5, 0.6) is 0 Å². The van der Waals surface area contributed by atoms with Gasteiger partial charge in [-0.1, -0.05) is 6.92 Å². The van der Waals surface area contributed by atoms with E-state index in [9.17, 15) is 9.59 Å². The van der Waals surface area contributed by atoms with E-state index >= 15 is 0 Å². The lowest BCUT2D eigenvalue weighted by Crippen LogP contribution is -2.24. The van der Waals surface area contributed by atoms with Crippen LogP contribution in [0.4, 0.5) is 0 Å². The van der Waals surface area contributed by atoms with E-state index in [2.05, 4.69) is 4.74 Å². The van der Waals surface area contributed by atoms with E-state index in [1.165, 1.54) is 0 Å². The van der Waals surface area contributed by atoms with Crippen LogP contribution < -0.4 is 0 Å². The minimum absolute atomic E-state index is 0.158. The van der Waals surface area contributed by atoms with Gasteiger partial charge in [-0.15, -0.1) is 0 Å². The van der Waals surface area contributed by atoms with Crippen LogP contribution in [0.3, 0.4) is 0 Å². The molecule has 0 aromatic carbocycles. The number of hydrogen-bond donors (Lipinski definition) is 1. The second-order valence-electron chi connectivity index (χ2n) is 2.83. The van der Waals surface area contributed by atoms with Crippen molar-refractivity contribution in [1.82, 2.24) is 0 Å². The third kappa shape index (κ3) is 1.53. The summed E-state index contributed by atoms with van der Waals surface area (Å²) in [5.41, 5.74) is -0.643. The van der Waals surface area contributed by atoms with Crippen molar-refractivity contribution in [2.45, 2.75) is 25.2 Å². The molecule has 1 rings (SSSR count). The first-order chi connectivity index (χ1) is 4.96. The van der Waals surface area contributed by atoms with E-state index in [1.807, 2.05) is 6.92 Å². The molecule has 0 aromatic rings. The number of rotatable bonds is 1. The second-order valence-corrected chi connectivity index (χ2v) is 2.83. The molecule has 0 bridgehead atoms. The fourth-order valence-corrected chi connectivity index (χ4v) is 0.819. The van der Waals surface area contributed by atoms with Gasteiger partial charge in [0.15, 0.2) is 7.28 Å². The maximum Gasteiger partial charge on any atom is 0.417 e. The summed E-state index contributed by atoms with van der Waals surface area (Å²) >= 11 is 0. The molecule has 2 unspecified atom stereocenters. The van der Waals surface area contributed by atoms with Crippen LogP contribution in [0.1, 0.15) is 13.8 Å². The third-order valence-electron chi connectivity index (χ3n) is 1.86. The van der Waals surface area contributed by atoms with Crippen molar-refractivity contribution in [2.75, 3.05) is 0 Å². The molecule has 0 aliphatic carbocycles. The fourth-order valence-electron chi connectivity index (χ4n) is 0.819. The standard InChI is InChI=1S/C6H8BO4/c1-3-6(2,7-3)11-5(10)4(8)9/h3H,1-2H3,(H,8,9). The van der Waals surface area contributed by atoms with Gasteiger partial charge in [0, 0.05) is 0 Å². The van der Waals surface area contributed by atoms with Crippen molar-refractivity contribution in [1.29, 1.82) is 0 Å². The van der Waals surface area contributed by atoms with Crippen molar-refractivity contribution in [3.8, 4) is 0 Å². The van der Waals surface area contributed by atoms with Crippen LogP contribution in [0.2, 0.25) is 5.82 Å². The molecule has 1 aliphatic heterocycles. The van der Waals surface area contributed by atoms with Crippen LogP contribution in [-0.2, 0) is 14.3 Å². The largest absolute Gasteiger partial charge is 0.473 e. The van der Waals surface area contributed by atoms with Crippen LogP contribution in [-0.4, -0.2) is 29.8 Å². The van der Waals surface area contributed by atoms with E-state index in [-0.39, 0.29) is 5.82 Å². The Morgan fingerprint density at radius 2 is 2.09 bits per heavy atom. The van der Waals surface area contributed by atoms with Crippen molar-refractivity contribution >= 4 is 19.2 Å². The zero-order valence-electron chi connectivity index (χ0n) is 6.33. The smallest absolute Gasteiger partial charge is 0.417 e. The molecular formula is C6H8BO4. The molecule has 0 spiro atoms. The Morgan fingerprint density at radius 1 is 1.64 bits per heavy atom. The summed E-state index contributed by atoms with van der Waals surface area (Å²) in [5, 5.41) is 8.17. The number of aliphatic carboxylic acids is 1. The monoisotopic (exact) mass is 155 g/mol. The van der Waals surface area contributed by atoms with Gasteiger partial charge in [0.05, 0.1) is 5.50 Å². The van der Waals surface area contributed by atoms with Gasteiger partial charge in [-0.05, 0) is 12.7 Å². The predicted molar refractivity (Wildman–Crippen MR) is 37.3 cm³/mol. The van der Waals surface area contributed by atoms with Gasteiger partial charge in [0.2, 0.25) is 0 Å². The van der Waals surface area contributed by atoms with Crippen LogP contribution in [0, 0.1) is 0 Å². The highest BCUT2D eigenvalue weighted by molar-refractivity contribution is 6.56. The number of ether oxygens (including phenoxy) is 1. The number of carboxylic acid groups (broad SMARTS) is 1. The maximum absolute atomic E-state index is 10.5. The first-order valence-electron chi connectivity index (χ1n) is 3.28. The SMILES string of the molecule is CC1[B]C1(C)OC(=O)C(=O)O. The van der Waals surface area contributed by atoms with E-state index in [0.29, 0.717) is 0 Å². The first-order valence-corrected chi connectivity index (χ1v) is 3.28. The molecule has 0 amide bonds. The minimum Gasteiger partial charge on any atom is -0.473 e. The Hall–Kier alpha value is -0.995. The van der Waals surface area contributed by atoms with Crippen molar-refractivity contribution < 1.29 is 19.4 Å². The molecule has 0 saturated carbocycles. The molecule has 1 heterocycles. The summed E-state index contributed by atoms with van der Waals surface area (Å²) in [6.07, 6.45) is 0. The van der Waals surface area contributed by atoms with Crippen LogP contribution in [0.15, 0.2) is 0 Å². The van der Waals surface area contributed by atoms with Gasteiger partial charge in [-0.2, -0.15) is 0 Å². The number of carboxylic acids is 1. The molecule has 5 heteroatoms. The molecule has 1 saturated heterocycles. The predicted octanol–water partition coefficient (Wildman–Crippen LogP) is -0.143. The van der Waals surface area contributed by atoms with Crippen molar-refractivity contribution in [2.24, 2.45) is 0 Å². The molecule has 1 fully saturated rings. The fraction of sp³-hybridized carbons (Fsp3) is 0.667. The Labute approximate surface area is 64.8 Å². The molecule has 59 valence electrons. The maximum atomic E-state index is 10.5. The van der Waals surface area contributed by atoms with Crippen molar-refractivity contribution in [3.05, 3.63) is 0 Å². The number of carbonyl (C=O) groups excluding carboxylic acids is 1. The molecule has 1 N–H and O–H groups in total. The van der Waals surface area contributed by atoms with Gasteiger partial charge < -0.3 is 9.84 Å².